The lowest BCUT2D eigenvalue weighted by molar-refractivity contribution is 0.657. The zero-order chi connectivity index (χ0) is 31.0. The molecule has 0 bridgehead atoms. The lowest BCUT2D eigenvalue weighted by Gasteiger charge is -2.30. The van der Waals surface area contributed by atoms with Crippen LogP contribution in [-0.2, 0) is 11.8 Å². The second-order valence-corrected chi connectivity index (χ2v) is 13.2. The highest BCUT2D eigenvalue weighted by atomic mass is 14.4. The summed E-state index contributed by atoms with van der Waals surface area (Å²) < 4.78 is 0. The largest absolute Gasteiger partial charge is 0.0988 e. The van der Waals surface area contributed by atoms with Crippen molar-refractivity contribution in [1.82, 2.24) is 0 Å². The van der Waals surface area contributed by atoms with Crippen molar-refractivity contribution >= 4 is 11.6 Å². The number of hydrogen-bond donors (Lipinski definition) is 0. The van der Waals surface area contributed by atoms with Crippen LogP contribution in [0.1, 0.15) is 109 Å². The molecule has 0 saturated heterocycles. The maximum absolute atomic E-state index is 4.21. The summed E-state index contributed by atoms with van der Waals surface area (Å²) in [6, 6.07) is 27.8. The molecule has 0 nitrogen and oxygen atoms in total. The van der Waals surface area contributed by atoms with Gasteiger partial charge in [0.15, 0.2) is 0 Å². The van der Waals surface area contributed by atoms with Gasteiger partial charge in [-0.2, -0.15) is 0 Å². The van der Waals surface area contributed by atoms with Gasteiger partial charge < -0.3 is 0 Å². The molecule has 0 amide bonds. The standard InChI is InChI=1S/C44H46/c1-8-17-31(10-3)35(18-9-2)33-23-16-24-34(30(33)5)42(32-19-12-11-13-20-32)39-28-41-43(37-22-15-14-21-36(37)39)38-26-25-29(4)27-40(38)44(41,6)7/h9-13,15-16,18-20,22-28,42H,3,8,14,17,21H2,1-2,4-7H3/b18-9-,35-31-. The average molecular weight is 575 g/mol. The highest BCUT2D eigenvalue weighted by Crippen LogP contribution is 2.54. The van der Waals surface area contributed by atoms with Gasteiger partial charge in [-0.25, -0.2) is 0 Å². The van der Waals surface area contributed by atoms with E-state index in [9.17, 15) is 0 Å². The van der Waals surface area contributed by atoms with Gasteiger partial charge in [-0.1, -0.05) is 143 Å². The Labute approximate surface area is 265 Å². The number of hydrogen-bond acceptors (Lipinski definition) is 0. The molecule has 0 heteroatoms. The topological polar surface area (TPSA) is 0 Å². The van der Waals surface area contributed by atoms with Crippen LogP contribution in [0.25, 0.3) is 22.8 Å². The Balaban J connectivity index is 1.66. The smallest absolute Gasteiger partial charge is 0.0345 e. The predicted octanol–water partition coefficient (Wildman–Crippen LogP) is 12.1. The summed E-state index contributed by atoms with van der Waals surface area (Å²) in [6.45, 7) is 18.0. The number of allylic oxidation sites excluding steroid dienone is 6. The molecule has 4 aromatic carbocycles. The normalized spacial score (nSPS) is 15.9. The van der Waals surface area contributed by atoms with Crippen molar-refractivity contribution in [1.29, 1.82) is 0 Å². The first kappa shape index (κ1) is 29.9. The maximum Gasteiger partial charge on any atom is 0.0345 e. The second kappa shape index (κ2) is 12.1. The number of fused-ring (bicyclic) bond motifs is 5. The Morgan fingerprint density at radius 2 is 1.73 bits per heavy atom. The van der Waals surface area contributed by atoms with Crippen molar-refractivity contribution in [3.05, 3.63) is 165 Å². The first-order valence-corrected chi connectivity index (χ1v) is 16.4. The molecule has 1 atom stereocenters. The number of rotatable bonds is 8. The SMILES string of the molecule is C=C/C(CCC)=C(\C=C/C)c1cccc(C(c2ccccc2)c2cc3c(c4c2CCC=C4)-c2ccc(C)cc2C3(C)C)c1C. The Kier molecular flexibility index (Phi) is 8.21. The molecule has 0 spiro atoms. The summed E-state index contributed by atoms with van der Waals surface area (Å²) in [4.78, 5) is 0. The molecule has 0 N–H and O–H groups in total. The molecule has 1 unspecified atom stereocenters. The van der Waals surface area contributed by atoms with Crippen LogP contribution in [0.2, 0.25) is 0 Å². The van der Waals surface area contributed by atoms with E-state index in [0.29, 0.717) is 0 Å². The van der Waals surface area contributed by atoms with E-state index in [-0.39, 0.29) is 11.3 Å². The van der Waals surface area contributed by atoms with Crippen molar-refractivity contribution in [3.8, 4) is 11.1 Å². The summed E-state index contributed by atoms with van der Waals surface area (Å²) >= 11 is 0. The van der Waals surface area contributed by atoms with E-state index in [0.717, 1.165) is 25.7 Å². The first-order valence-electron chi connectivity index (χ1n) is 16.4. The van der Waals surface area contributed by atoms with Crippen LogP contribution in [0.15, 0.2) is 109 Å². The first-order chi connectivity index (χ1) is 21.3. The van der Waals surface area contributed by atoms with Crippen LogP contribution in [0, 0.1) is 13.8 Å². The Hall–Kier alpha value is -4.16. The molecule has 222 valence electrons. The van der Waals surface area contributed by atoms with E-state index in [1.807, 2.05) is 0 Å². The molecular formula is C44H46. The molecular weight excluding hydrogens is 528 g/mol. The van der Waals surface area contributed by atoms with Crippen LogP contribution in [0.5, 0.6) is 0 Å². The molecule has 0 radical (unpaired) electrons. The van der Waals surface area contributed by atoms with Crippen molar-refractivity contribution in [2.75, 3.05) is 0 Å². The van der Waals surface area contributed by atoms with Gasteiger partial charge in [-0.15, -0.1) is 0 Å². The predicted molar refractivity (Wildman–Crippen MR) is 192 cm³/mol. The Morgan fingerprint density at radius 3 is 2.45 bits per heavy atom. The van der Waals surface area contributed by atoms with Crippen molar-refractivity contribution < 1.29 is 0 Å². The molecule has 4 aromatic rings. The second-order valence-electron chi connectivity index (χ2n) is 13.2. The van der Waals surface area contributed by atoms with Gasteiger partial charge in [0.25, 0.3) is 0 Å². The molecule has 0 aromatic heterocycles. The van der Waals surface area contributed by atoms with E-state index < -0.39 is 0 Å². The minimum atomic E-state index is -0.0648. The monoisotopic (exact) mass is 574 g/mol. The minimum absolute atomic E-state index is 0.0648. The van der Waals surface area contributed by atoms with Gasteiger partial charge in [0.1, 0.15) is 0 Å². The summed E-state index contributed by atoms with van der Waals surface area (Å²) in [6.07, 6.45) is 15.6. The minimum Gasteiger partial charge on any atom is -0.0988 e. The van der Waals surface area contributed by atoms with Crippen LogP contribution in [0.3, 0.4) is 0 Å². The highest BCUT2D eigenvalue weighted by molar-refractivity contribution is 5.90. The van der Waals surface area contributed by atoms with Gasteiger partial charge in [-0.3, -0.25) is 0 Å². The molecule has 6 rings (SSSR count). The molecule has 0 saturated carbocycles. The van der Waals surface area contributed by atoms with Gasteiger partial charge in [0.2, 0.25) is 0 Å². The third kappa shape index (κ3) is 4.95. The summed E-state index contributed by atoms with van der Waals surface area (Å²) in [5.74, 6) is 0.133. The van der Waals surface area contributed by atoms with Crippen molar-refractivity contribution in [2.45, 2.75) is 78.6 Å². The molecule has 44 heavy (non-hydrogen) atoms. The van der Waals surface area contributed by atoms with Gasteiger partial charge in [0.05, 0.1) is 0 Å². The zero-order valence-corrected chi connectivity index (χ0v) is 27.4. The van der Waals surface area contributed by atoms with E-state index in [1.165, 1.54) is 77.9 Å². The Morgan fingerprint density at radius 1 is 0.932 bits per heavy atom. The van der Waals surface area contributed by atoms with Gasteiger partial charge in [-0.05, 0) is 112 Å². The quantitative estimate of drug-likeness (QED) is 0.145. The molecule has 0 heterocycles. The number of benzene rings is 4. The van der Waals surface area contributed by atoms with E-state index >= 15 is 0 Å². The maximum atomic E-state index is 4.21. The fourth-order valence-corrected chi connectivity index (χ4v) is 7.82. The number of aryl methyl sites for hydroxylation is 1. The molecule has 2 aliphatic carbocycles. The summed E-state index contributed by atoms with van der Waals surface area (Å²) in [7, 11) is 0. The zero-order valence-electron chi connectivity index (χ0n) is 27.4. The van der Waals surface area contributed by atoms with Crippen molar-refractivity contribution in [2.24, 2.45) is 0 Å². The lowest BCUT2D eigenvalue weighted by Crippen LogP contribution is -2.18. The van der Waals surface area contributed by atoms with Crippen LogP contribution in [0.4, 0.5) is 0 Å². The van der Waals surface area contributed by atoms with Gasteiger partial charge in [0, 0.05) is 11.3 Å². The summed E-state index contributed by atoms with van der Waals surface area (Å²) in [5.41, 5.74) is 19.4. The third-order valence-electron chi connectivity index (χ3n) is 10.0. The fourth-order valence-electron chi connectivity index (χ4n) is 7.82. The van der Waals surface area contributed by atoms with E-state index in [4.69, 9.17) is 0 Å². The Bertz CT molecular complexity index is 1820. The van der Waals surface area contributed by atoms with Crippen LogP contribution < -0.4 is 0 Å². The molecule has 0 aliphatic heterocycles. The van der Waals surface area contributed by atoms with E-state index in [2.05, 4.69) is 151 Å². The van der Waals surface area contributed by atoms with Crippen LogP contribution >= 0.6 is 0 Å². The lowest BCUT2D eigenvalue weighted by atomic mass is 9.73. The third-order valence-corrected chi connectivity index (χ3v) is 10.0. The van der Waals surface area contributed by atoms with E-state index in [1.54, 1.807) is 0 Å². The molecule has 2 aliphatic rings. The fraction of sp³-hybridized carbons (Fsp3) is 0.273. The van der Waals surface area contributed by atoms with Crippen molar-refractivity contribution in [3.63, 3.8) is 0 Å². The van der Waals surface area contributed by atoms with Gasteiger partial charge >= 0.3 is 0 Å². The van der Waals surface area contributed by atoms with Crippen LogP contribution in [-0.4, -0.2) is 0 Å². The highest BCUT2D eigenvalue weighted by Gasteiger charge is 2.39. The summed E-state index contributed by atoms with van der Waals surface area (Å²) in [5, 5.41) is 0. The average Bonchev–Trinajstić information content (AvgIpc) is 3.26. The molecule has 0 fully saturated rings.